The number of benzene rings is 2. The molecule has 0 aliphatic rings. The van der Waals surface area contributed by atoms with Crippen molar-refractivity contribution >= 4 is 38.2 Å². The predicted octanol–water partition coefficient (Wildman–Crippen LogP) is 3.07. The van der Waals surface area contributed by atoms with Crippen LogP contribution in [0.3, 0.4) is 0 Å². The average Bonchev–Trinajstić information content (AvgIpc) is 3.11. The highest BCUT2D eigenvalue weighted by Gasteiger charge is 2.12. The summed E-state index contributed by atoms with van der Waals surface area (Å²) in [5, 5.41) is 4.41. The number of carbonyl (C=O) groups is 1. The lowest BCUT2D eigenvalue weighted by atomic mass is 10.1. The highest BCUT2D eigenvalue weighted by molar-refractivity contribution is 7.16. The summed E-state index contributed by atoms with van der Waals surface area (Å²) in [7, 11) is 0. The predicted molar refractivity (Wildman–Crippen MR) is 102 cm³/mol. The standard InChI is InChI=1S/C19H15N3O3S/c1-12-20-18-16(8-9-26-18)19(24)22(12)21-17(23)11-25-15-7-6-13-4-2-3-5-14(13)10-15/h2-10H,11H2,1H3,(H,21,23). The average molecular weight is 365 g/mol. The number of hydrogen-bond acceptors (Lipinski definition) is 5. The molecule has 6 nitrogen and oxygen atoms in total. The van der Waals surface area contributed by atoms with Crippen molar-refractivity contribution in [3.63, 3.8) is 0 Å². The van der Waals surface area contributed by atoms with E-state index in [1.165, 1.54) is 11.3 Å². The topological polar surface area (TPSA) is 73.2 Å². The normalized spacial score (nSPS) is 11.0. The first-order valence-electron chi connectivity index (χ1n) is 8.00. The maximum Gasteiger partial charge on any atom is 0.281 e. The van der Waals surface area contributed by atoms with Crippen LogP contribution in [0.25, 0.3) is 21.0 Å². The highest BCUT2D eigenvalue weighted by atomic mass is 32.1. The van der Waals surface area contributed by atoms with Crippen molar-refractivity contribution in [3.8, 4) is 5.75 Å². The Balaban J connectivity index is 1.49. The summed E-state index contributed by atoms with van der Waals surface area (Å²) in [6.07, 6.45) is 0. The number of thiophene rings is 1. The summed E-state index contributed by atoms with van der Waals surface area (Å²) in [6.45, 7) is 1.47. The van der Waals surface area contributed by atoms with Gasteiger partial charge >= 0.3 is 0 Å². The molecule has 0 unspecified atom stereocenters. The lowest BCUT2D eigenvalue weighted by molar-refractivity contribution is -0.119. The summed E-state index contributed by atoms with van der Waals surface area (Å²) in [4.78, 5) is 29.6. The molecule has 0 bridgehead atoms. The molecule has 2 heterocycles. The Morgan fingerprint density at radius 3 is 2.85 bits per heavy atom. The van der Waals surface area contributed by atoms with Crippen LogP contribution in [0.4, 0.5) is 0 Å². The first-order chi connectivity index (χ1) is 12.6. The minimum atomic E-state index is -0.431. The van der Waals surface area contributed by atoms with Crippen molar-refractivity contribution in [2.45, 2.75) is 6.92 Å². The zero-order valence-corrected chi connectivity index (χ0v) is 14.7. The number of aromatic nitrogens is 2. The molecule has 0 aliphatic carbocycles. The fourth-order valence-electron chi connectivity index (χ4n) is 2.71. The largest absolute Gasteiger partial charge is 0.484 e. The van der Waals surface area contributed by atoms with E-state index in [1.807, 2.05) is 42.5 Å². The summed E-state index contributed by atoms with van der Waals surface area (Å²) < 4.78 is 6.71. The molecule has 4 rings (SSSR count). The number of ether oxygens (including phenoxy) is 1. The van der Waals surface area contributed by atoms with E-state index < -0.39 is 5.91 Å². The Morgan fingerprint density at radius 1 is 1.19 bits per heavy atom. The van der Waals surface area contributed by atoms with Crippen molar-refractivity contribution in [1.29, 1.82) is 0 Å². The number of hydrogen-bond donors (Lipinski definition) is 1. The summed E-state index contributed by atoms with van der Waals surface area (Å²) in [6, 6.07) is 15.2. The molecule has 1 amide bonds. The van der Waals surface area contributed by atoms with Crippen LogP contribution in [0, 0.1) is 6.92 Å². The van der Waals surface area contributed by atoms with Gasteiger partial charge in [-0.05, 0) is 41.3 Å². The first kappa shape index (κ1) is 16.3. The van der Waals surface area contributed by atoms with Crippen LogP contribution in [0.2, 0.25) is 0 Å². The summed E-state index contributed by atoms with van der Waals surface area (Å²) >= 11 is 1.39. The van der Waals surface area contributed by atoms with Gasteiger partial charge in [0.05, 0.1) is 5.39 Å². The zero-order valence-electron chi connectivity index (χ0n) is 13.9. The molecule has 0 radical (unpaired) electrons. The molecular formula is C19H15N3O3S. The van der Waals surface area contributed by atoms with Crippen molar-refractivity contribution in [3.05, 3.63) is 70.1 Å². The maximum absolute atomic E-state index is 12.4. The van der Waals surface area contributed by atoms with Gasteiger partial charge in [0.25, 0.3) is 11.5 Å². The molecule has 130 valence electrons. The van der Waals surface area contributed by atoms with Crippen molar-refractivity contribution < 1.29 is 9.53 Å². The van der Waals surface area contributed by atoms with Crippen molar-refractivity contribution in [1.82, 2.24) is 9.66 Å². The van der Waals surface area contributed by atoms with Gasteiger partial charge in [0, 0.05) is 0 Å². The minimum absolute atomic E-state index is 0.202. The van der Waals surface area contributed by atoms with Crippen LogP contribution in [0.5, 0.6) is 5.75 Å². The van der Waals surface area contributed by atoms with Crippen molar-refractivity contribution in [2.75, 3.05) is 12.0 Å². The number of carbonyl (C=O) groups excluding carboxylic acids is 1. The highest BCUT2D eigenvalue weighted by Crippen LogP contribution is 2.20. The SMILES string of the molecule is Cc1nc2sccc2c(=O)n1NC(=O)COc1ccc2ccccc2c1. The van der Waals surface area contributed by atoms with Gasteiger partial charge in [0.1, 0.15) is 16.4 Å². The Bertz CT molecular complexity index is 1180. The van der Waals surface area contributed by atoms with Crippen LogP contribution in [0.15, 0.2) is 58.7 Å². The molecule has 4 aromatic rings. The number of fused-ring (bicyclic) bond motifs is 2. The zero-order chi connectivity index (χ0) is 18.1. The van der Waals surface area contributed by atoms with E-state index in [-0.39, 0.29) is 12.2 Å². The van der Waals surface area contributed by atoms with Crippen LogP contribution in [0.1, 0.15) is 5.82 Å². The van der Waals surface area contributed by atoms with Gasteiger partial charge in [0.2, 0.25) is 0 Å². The van der Waals surface area contributed by atoms with Crippen molar-refractivity contribution in [2.24, 2.45) is 0 Å². The lowest BCUT2D eigenvalue weighted by Gasteiger charge is -2.12. The fourth-order valence-corrected chi connectivity index (χ4v) is 3.51. The Morgan fingerprint density at radius 2 is 2.00 bits per heavy atom. The Labute approximate surface area is 152 Å². The molecule has 0 spiro atoms. The van der Waals surface area contributed by atoms with E-state index in [2.05, 4.69) is 10.4 Å². The van der Waals surface area contributed by atoms with E-state index in [0.717, 1.165) is 15.4 Å². The third-order valence-corrected chi connectivity index (χ3v) is 4.80. The van der Waals surface area contributed by atoms with E-state index in [1.54, 1.807) is 18.4 Å². The second-order valence-corrected chi connectivity index (χ2v) is 6.67. The molecule has 0 atom stereocenters. The number of aryl methyl sites for hydroxylation is 1. The second-order valence-electron chi connectivity index (χ2n) is 5.77. The van der Waals surface area contributed by atoms with Crippen LogP contribution in [-0.2, 0) is 4.79 Å². The molecule has 0 saturated heterocycles. The van der Waals surface area contributed by atoms with Gasteiger partial charge in [-0.2, -0.15) is 0 Å². The Hall–Kier alpha value is -3.19. The summed E-state index contributed by atoms with van der Waals surface area (Å²) in [5.74, 6) is 0.582. The lowest BCUT2D eigenvalue weighted by Crippen LogP contribution is -2.37. The molecule has 2 aromatic carbocycles. The second kappa shape index (κ2) is 6.61. The molecule has 2 aromatic heterocycles. The van der Waals surface area contributed by atoms with Crippen LogP contribution >= 0.6 is 11.3 Å². The number of amides is 1. The minimum Gasteiger partial charge on any atom is -0.484 e. The number of nitrogens with zero attached hydrogens (tertiary/aromatic N) is 2. The van der Waals surface area contributed by atoms with E-state index in [9.17, 15) is 9.59 Å². The van der Waals surface area contributed by atoms with E-state index in [4.69, 9.17) is 4.74 Å². The molecule has 0 fully saturated rings. The van der Waals surface area contributed by atoms with Gasteiger partial charge < -0.3 is 4.74 Å². The van der Waals surface area contributed by atoms with Gasteiger partial charge in [-0.3, -0.25) is 15.0 Å². The van der Waals surface area contributed by atoms with E-state index in [0.29, 0.717) is 21.8 Å². The molecule has 1 N–H and O–H groups in total. The smallest absolute Gasteiger partial charge is 0.281 e. The van der Waals surface area contributed by atoms with Gasteiger partial charge in [-0.1, -0.05) is 30.3 Å². The quantitative estimate of drug-likeness (QED) is 0.603. The van der Waals surface area contributed by atoms with Gasteiger partial charge in [-0.25, -0.2) is 9.66 Å². The Kier molecular flexibility index (Phi) is 4.14. The first-order valence-corrected chi connectivity index (χ1v) is 8.88. The molecule has 7 heteroatoms. The number of rotatable bonds is 4. The third kappa shape index (κ3) is 3.04. The van der Waals surface area contributed by atoms with Crippen LogP contribution in [-0.4, -0.2) is 22.2 Å². The van der Waals surface area contributed by atoms with E-state index >= 15 is 0 Å². The summed E-state index contributed by atoms with van der Waals surface area (Å²) in [5.41, 5.74) is 2.25. The van der Waals surface area contributed by atoms with Gasteiger partial charge in [0.15, 0.2) is 6.61 Å². The molecule has 0 aliphatic heterocycles. The molecule has 26 heavy (non-hydrogen) atoms. The third-order valence-electron chi connectivity index (χ3n) is 3.99. The fraction of sp³-hybridized carbons (Fsp3) is 0.105. The number of nitrogens with one attached hydrogen (secondary N) is 1. The van der Waals surface area contributed by atoms with Gasteiger partial charge in [-0.15, -0.1) is 11.3 Å². The van der Waals surface area contributed by atoms with Crippen LogP contribution < -0.4 is 15.7 Å². The maximum atomic E-state index is 12.4. The molecular weight excluding hydrogens is 350 g/mol. The molecule has 0 saturated carbocycles. The monoisotopic (exact) mass is 365 g/mol.